The molecular weight excluding hydrogens is 252 g/mol. The summed E-state index contributed by atoms with van der Waals surface area (Å²) in [5.74, 6) is 0. The lowest BCUT2D eigenvalue weighted by Gasteiger charge is -2.11. The fourth-order valence-corrected chi connectivity index (χ4v) is 3.89. The number of benzene rings is 1. The van der Waals surface area contributed by atoms with Crippen molar-refractivity contribution in [1.82, 2.24) is 0 Å². The smallest absolute Gasteiger partial charge is 0.0651 e. The van der Waals surface area contributed by atoms with Crippen LogP contribution in [0.2, 0.25) is 13.1 Å². The number of halogens is 1. The van der Waals surface area contributed by atoms with Crippen molar-refractivity contribution in [2.45, 2.75) is 24.8 Å². The first-order valence-electron chi connectivity index (χ1n) is 4.97. The van der Waals surface area contributed by atoms with E-state index in [4.69, 9.17) is 0 Å². The van der Waals surface area contributed by atoms with E-state index in [1.54, 1.807) is 5.19 Å². The molecule has 76 valence electrons. The Hall–Kier alpha value is -0.343. The predicted molar refractivity (Wildman–Crippen MR) is 71.5 cm³/mol. The third-order valence-electron chi connectivity index (χ3n) is 2.36. The molecular formula is C12H17BrSi. The molecule has 1 rings (SSSR count). The highest BCUT2D eigenvalue weighted by molar-refractivity contribution is 9.08. The van der Waals surface area contributed by atoms with E-state index in [9.17, 15) is 0 Å². The summed E-state index contributed by atoms with van der Waals surface area (Å²) >= 11 is 3.54. The SMILES string of the molecule is C=CCc1ccc(CBr)c([SiH](C)C)c1. The Balaban J connectivity index is 3.07. The zero-order valence-corrected chi connectivity index (χ0v) is 11.6. The summed E-state index contributed by atoms with van der Waals surface area (Å²) in [4.78, 5) is 0. The van der Waals surface area contributed by atoms with Crippen molar-refractivity contribution in [1.29, 1.82) is 0 Å². The molecule has 0 spiro atoms. The van der Waals surface area contributed by atoms with Gasteiger partial charge in [-0.3, -0.25) is 0 Å². The van der Waals surface area contributed by atoms with Gasteiger partial charge in [0.1, 0.15) is 0 Å². The fourth-order valence-electron chi connectivity index (χ4n) is 1.60. The number of alkyl halides is 1. The lowest BCUT2D eigenvalue weighted by molar-refractivity contribution is 1.27. The maximum absolute atomic E-state index is 3.78. The van der Waals surface area contributed by atoms with Gasteiger partial charge in [0.2, 0.25) is 0 Å². The maximum Gasteiger partial charge on any atom is 0.0651 e. The molecule has 2 heteroatoms. The topological polar surface area (TPSA) is 0 Å². The molecule has 0 heterocycles. The second-order valence-corrected chi connectivity index (χ2v) is 7.31. The van der Waals surface area contributed by atoms with E-state index in [1.807, 2.05) is 6.08 Å². The lowest BCUT2D eigenvalue weighted by Crippen LogP contribution is -2.26. The van der Waals surface area contributed by atoms with Crippen LogP contribution in [0, 0.1) is 0 Å². The molecule has 0 atom stereocenters. The fraction of sp³-hybridized carbons (Fsp3) is 0.333. The Labute approximate surface area is 96.8 Å². The first-order valence-corrected chi connectivity index (χ1v) is 8.98. The molecule has 0 unspecified atom stereocenters. The van der Waals surface area contributed by atoms with E-state index in [-0.39, 0.29) is 0 Å². The van der Waals surface area contributed by atoms with Gasteiger partial charge in [-0.2, -0.15) is 0 Å². The van der Waals surface area contributed by atoms with Gasteiger partial charge < -0.3 is 0 Å². The first kappa shape index (κ1) is 11.7. The zero-order chi connectivity index (χ0) is 10.6. The minimum absolute atomic E-state index is 0.703. The van der Waals surface area contributed by atoms with Crippen molar-refractivity contribution in [3.63, 3.8) is 0 Å². The second kappa shape index (κ2) is 5.52. The van der Waals surface area contributed by atoms with Gasteiger partial charge in [0, 0.05) is 5.33 Å². The Morgan fingerprint density at radius 1 is 1.43 bits per heavy atom. The van der Waals surface area contributed by atoms with Crippen LogP contribution in [0.3, 0.4) is 0 Å². The van der Waals surface area contributed by atoms with Crippen molar-refractivity contribution < 1.29 is 0 Å². The van der Waals surface area contributed by atoms with Gasteiger partial charge in [0.25, 0.3) is 0 Å². The second-order valence-electron chi connectivity index (χ2n) is 3.81. The summed E-state index contributed by atoms with van der Waals surface area (Å²) in [6.45, 7) is 8.52. The van der Waals surface area contributed by atoms with Crippen LogP contribution in [0.15, 0.2) is 30.9 Å². The standard InChI is InChI=1S/C12H17BrSi/c1-4-5-10-6-7-11(9-13)12(8-10)14(2)3/h4,6-8,14H,1,5,9H2,2-3H3. The first-order chi connectivity index (χ1) is 6.69. The molecule has 0 N–H and O–H groups in total. The number of hydrogen-bond donors (Lipinski definition) is 0. The van der Waals surface area contributed by atoms with Crippen LogP contribution in [0.4, 0.5) is 0 Å². The van der Waals surface area contributed by atoms with Gasteiger partial charge in [0.15, 0.2) is 0 Å². The molecule has 0 amide bonds. The molecule has 1 aromatic rings. The van der Waals surface area contributed by atoms with Gasteiger partial charge >= 0.3 is 0 Å². The van der Waals surface area contributed by atoms with Gasteiger partial charge in [-0.05, 0) is 17.5 Å². The Morgan fingerprint density at radius 3 is 2.64 bits per heavy atom. The van der Waals surface area contributed by atoms with Gasteiger partial charge in [-0.25, -0.2) is 0 Å². The Bertz CT molecular complexity index is 318. The predicted octanol–water partition coefficient (Wildman–Crippen LogP) is 3.00. The zero-order valence-electron chi connectivity index (χ0n) is 8.89. The highest BCUT2D eigenvalue weighted by Gasteiger charge is 2.07. The van der Waals surface area contributed by atoms with Crippen LogP contribution < -0.4 is 5.19 Å². The normalized spacial score (nSPS) is 10.6. The van der Waals surface area contributed by atoms with Gasteiger partial charge in [-0.1, -0.05) is 58.5 Å². The van der Waals surface area contributed by atoms with Crippen LogP contribution >= 0.6 is 15.9 Å². The third-order valence-corrected chi connectivity index (χ3v) is 4.74. The highest BCUT2D eigenvalue weighted by atomic mass is 79.9. The van der Waals surface area contributed by atoms with E-state index in [1.165, 1.54) is 11.1 Å². The molecule has 0 saturated carbocycles. The summed E-state index contributed by atoms with van der Waals surface area (Å²) in [7, 11) is -0.703. The van der Waals surface area contributed by atoms with Crippen LogP contribution in [0.5, 0.6) is 0 Å². The summed E-state index contributed by atoms with van der Waals surface area (Å²) in [6, 6.07) is 6.81. The number of hydrogen-bond acceptors (Lipinski definition) is 0. The van der Waals surface area contributed by atoms with Crippen LogP contribution in [-0.2, 0) is 11.8 Å². The third kappa shape index (κ3) is 2.82. The van der Waals surface area contributed by atoms with E-state index in [0.29, 0.717) is 0 Å². The van der Waals surface area contributed by atoms with Crippen LogP contribution in [0.1, 0.15) is 11.1 Å². The van der Waals surface area contributed by atoms with Gasteiger partial charge in [-0.15, -0.1) is 6.58 Å². The highest BCUT2D eigenvalue weighted by Crippen LogP contribution is 2.08. The summed E-state index contributed by atoms with van der Waals surface area (Å²) in [6.07, 6.45) is 2.95. The lowest BCUT2D eigenvalue weighted by atomic mass is 10.1. The Kier molecular flexibility index (Phi) is 4.62. The monoisotopic (exact) mass is 268 g/mol. The average molecular weight is 269 g/mol. The average Bonchev–Trinajstić information content (AvgIpc) is 2.18. The van der Waals surface area contributed by atoms with Crippen molar-refractivity contribution in [2.24, 2.45) is 0 Å². The molecule has 0 aliphatic rings. The van der Waals surface area contributed by atoms with E-state index >= 15 is 0 Å². The summed E-state index contributed by atoms with van der Waals surface area (Å²) in [5, 5.41) is 2.56. The molecule has 0 fully saturated rings. The van der Waals surface area contributed by atoms with E-state index in [2.05, 4.69) is 53.8 Å². The number of allylic oxidation sites excluding steroid dienone is 1. The molecule has 0 aliphatic heterocycles. The van der Waals surface area contributed by atoms with Crippen molar-refractivity contribution in [2.75, 3.05) is 0 Å². The molecule has 1 aromatic carbocycles. The molecule has 0 bridgehead atoms. The Morgan fingerprint density at radius 2 is 2.14 bits per heavy atom. The molecule has 0 aromatic heterocycles. The van der Waals surface area contributed by atoms with Crippen LogP contribution in [-0.4, -0.2) is 8.80 Å². The van der Waals surface area contributed by atoms with Crippen molar-refractivity contribution in [3.8, 4) is 0 Å². The minimum Gasteiger partial charge on any atom is -0.103 e. The van der Waals surface area contributed by atoms with Gasteiger partial charge in [0.05, 0.1) is 8.80 Å². The largest absolute Gasteiger partial charge is 0.103 e. The molecule has 14 heavy (non-hydrogen) atoms. The molecule has 0 aliphatic carbocycles. The van der Waals surface area contributed by atoms with E-state index < -0.39 is 8.80 Å². The van der Waals surface area contributed by atoms with Crippen molar-refractivity contribution >= 4 is 29.9 Å². The minimum atomic E-state index is -0.703. The molecule has 0 radical (unpaired) electrons. The molecule has 0 saturated heterocycles. The summed E-state index contributed by atoms with van der Waals surface area (Å²) in [5.41, 5.74) is 2.85. The summed E-state index contributed by atoms with van der Waals surface area (Å²) < 4.78 is 0. The maximum atomic E-state index is 3.78. The van der Waals surface area contributed by atoms with Crippen LogP contribution in [0.25, 0.3) is 0 Å². The number of rotatable bonds is 4. The van der Waals surface area contributed by atoms with Crippen molar-refractivity contribution in [3.05, 3.63) is 42.0 Å². The molecule has 0 nitrogen and oxygen atoms in total. The van der Waals surface area contributed by atoms with E-state index in [0.717, 1.165) is 11.8 Å². The quantitative estimate of drug-likeness (QED) is 0.448.